The second-order valence-electron chi connectivity index (χ2n) is 6.38. The van der Waals surface area contributed by atoms with Crippen LogP contribution in [0.5, 0.6) is 0 Å². The molecule has 1 aromatic rings. The van der Waals surface area contributed by atoms with Crippen LogP contribution in [0.25, 0.3) is 0 Å². The molecule has 23 heavy (non-hydrogen) atoms. The first-order valence-electron chi connectivity index (χ1n) is 8.10. The van der Waals surface area contributed by atoms with Gasteiger partial charge < -0.3 is 10.6 Å². The van der Waals surface area contributed by atoms with E-state index in [1.807, 2.05) is 6.92 Å². The maximum absolute atomic E-state index is 12.4. The zero-order valence-electron chi connectivity index (χ0n) is 13.3. The van der Waals surface area contributed by atoms with E-state index >= 15 is 0 Å². The first-order chi connectivity index (χ1) is 11.0. The highest BCUT2D eigenvalue weighted by molar-refractivity contribution is 7.89. The Labute approximate surface area is 137 Å². The molecule has 1 heterocycles. The Morgan fingerprint density at radius 1 is 1.30 bits per heavy atom. The molecule has 0 aromatic heterocycles. The lowest BCUT2D eigenvalue weighted by molar-refractivity contribution is 0.0949. The van der Waals surface area contributed by atoms with Crippen molar-refractivity contribution in [2.75, 3.05) is 13.1 Å². The standard InChI is InChI=1S/C16H23N3O3S/c1-11-4-7-14(23(21,22)19-12-5-6-12)9-15(11)16(20)18-10-13-3-2-8-17-13/h4,7,9,12-13,17,19H,2-3,5-6,8,10H2,1H3,(H,18,20). The number of sulfonamides is 1. The lowest BCUT2D eigenvalue weighted by Gasteiger charge is -2.13. The van der Waals surface area contributed by atoms with Gasteiger partial charge in [-0.3, -0.25) is 4.79 Å². The van der Waals surface area contributed by atoms with Crippen LogP contribution in [0.1, 0.15) is 41.6 Å². The molecule has 1 saturated carbocycles. The molecule has 1 aliphatic carbocycles. The Hall–Kier alpha value is -1.44. The average Bonchev–Trinajstić information content (AvgIpc) is 3.15. The second-order valence-corrected chi connectivity index (χ2v) is 8.09. The van der Waals surface area contributed by atoms with Crippen molar-refractivity contribution in [2.24, 2.45) is 0 Å². The number of amides is 1. The van der Waals surface area contributed by atoms with Gasteiger partial charge in [0, 0.05) is 24.2 Å². The van der Waals surface area contributed by atoms with E-state index in [9.17, 15) is 13.2 Å². The third-order valence-electron chi connectivity index (χ3n) is 4.33. The fraction of sp³-hybridized carbons (Fsp3) is 0.562. The molecule has 0 spiro atoms. The molecule has 1 unspecified atom stereocenters. The number of benzene rings is 1. The van der Waals surface area contributed by atoms with E-state index in [1.54, 1.807) is 12.1 Å². The van der Waals surface area contributed by atoms with Crippen molar-refractivity contribution in [3.63, 3.8) is 0 Å². The van der Waals surface area contributed by atoms with Crippen molar-refractivity contribution in [1.29, 1.82) is 0 Å². The number of carbonyl (C=O) groups is 1. The zero-order valence-corrected chi connectivity index (χ0v) is 14.1. The van der Waals surface area contributed by atoms with E-state index in [2.05, 4.69) is 15.4 Å². The molecule has 1 atom stereocenters. The zero-order chi connectivity index (χ0) is 16.4. The number of rotatable bonds is 6. The van der Waals surface area contributed by atoms with Crippen molar-refractivity contribution in [1.82, 2.24) is 15.4 Å². The minimum atomic E-state index is -3.54. The lowest BCUT2D eigenvalue weighted by atomic mass is 10.1. The Morgan fingerprint density at radius 2 is 2.09 bits per heavy atom. The van der Waals surface area contributed by atoms with Crippen molar-refractivity contribution >= 4 is 15.9 Å². The molecule has 3 N–H and O–H groups in total. The summed E-state index contributed by atoms with van der Waals surface area (Å²) < 4.78 is 27.2. The largest absolute Gasteiger partial charge is 0.350 e. The maximum atomic E-state index is 12.4. The molecule has 0 radical (unpaired) electrons. The molecule has 2 fully saturated rings. The number of carbonyl (C=O) groups excluding carboxylic acids is 1. The molecule has 1 aromatic carbocycles. The van der Waals surface area contributed by atoms with Gasteiger partial charge in [-0.1, -0.05) is 6.07 Å². The Morgan fingerprint density at radius 3 is 2.74 bits per heavy atom. The smallest absolute Gasteiger partial charge is 0.251 e. The maximum Gasteiger partial charge on any atom is 0.251 e. The summed E-state index contributed by atoms with van der Waals surface area (Å²) in [5.41, 5.74) is 1.19. The first-order valence-corrected chi connectivity index (χ1v) is 9.58. The van der Waals surface area contributed by atoms with E-state index < -0.39 is 10.0 Å². The monoisotopic (exact) mass is 337 g/mol. The second kappa shape index (κ2) is 6.59. The predicted octanol–water partition coefficient (Wildman–Crippen LogP) is 0.918. The van der Waals surface area contributed by atoms with E-state index in [1.165, 1.54) is 6.07 Å². The number of hydrogen-bond donors (Lipinski definition) is 3. The van der Waals surface area contributed by atoms with Crippen LogP contribution in [0, 0.1) is 6.92 Å². The van der Waals surface area contributed by atoms with Gasteiger partial charge in [-0.05, 0) is 56.8 Å². The van der Waals surface area contributed by atoms with Crippen LogP contribution in [0.3, 0.4) is 0 Å². The topological polar surface area (TPSA) is 87.3 Å². The highest BCUT2D eigenvalue weighted by atomic mass is 32.2. The Balaban J connectivity index is 1.72. The number of aryl methyl sites for hydroxylation is 1. The minimum absolute atomic E-state index is 0.0482. The molecule has 1 amide bonds. The van der Waals surface area contributed by atoms with Crippen LogP contribution in [0.15, 0.2) is 23.1 Å². The summed E-state index contributed by atoms with van der Waals surface area (Å²) in [7, 11) is -3.54. The van der Waals surface area contributed by atoms with E-state index in [0.29, 0.717) is 18.2 Å². The summed E-state index contributed by atoms with van der Waals surface area (Å²) in [4.78, 5) is 12.5. The number of nitrogens with one attached hydrogen (secondary N) is 3. The van der Waals surface area contributed by atoms with Gasteiger partial charge in [0.2, 0.25) is 10.0 Å². The molecule has 126 valence electrons. The highest BCUT2D eigenvalue weighted by Gasteiger charge is 2.28. The Bertz CT molecular complexity index is 693. The average molecular weight is 337 g/mol. The molecule has 6 nitrogen and oxygen atoms in total. The van der Waals surface area contributed by atoms with E-state index in [4.69, 9.17) is 0 Å². The van der Waals surface area contributed by atoms with E-state index in [-0.39, 0.29) is 16.8 Å². The fourth-order valence-electron chi connectivity index (χ4n) is 2.74. The lowest BCUT2D eigenvalue weighted by Crippen LogP contribution is -2.37. The van der Waals surface area contributed by atoms with Gasteiger partial charge >= 0.3 is 0 Å². The molecule has 2 aliphatic rings. The van der Waals surface area contributed by atoms with Gasteiger partial charge in [0.1, 0.15) is 0 Å². The molecule has 0 bridgehead atoms. The van der Waals surface area contributed by atoms with Crippen LogP contribution >= 0.6 is 0 Å². The van der Waals surface area contributed by atoms with Gasteiger partial charge in [-0.25, -0.2) is 13.1 Å². The van der Waals surface area contributed by atoms with Crippen LogP contribution < -0.4 is 15.4 Å². The fourth-order valence-corrected chi connectivity index (χ4v) is 4.07. The van der Waals surface area contributed by atoms with Gasteiger partial charge in [0.15, 0.2) is 0 Å². The third kappa shape index (κ3) is 4.10. The summed E-state index contributed by atoms with van der Waals surface area (Å²) in [5, 5.41) is 6.22. The molecule has 7 heteroatoms. The quantitative estimate of drug-likeness (QED) is 0.720. The van der Waals surface area contributed by atoms with Gasteiger partial charge in [-0.2, -0.15) is 0 Å². The predicted molar refractivity (Wildman–Crippen MR) is 87.9 cm³/mol. The third-order valence-corrected chi connectivity index (χ3v) is 5.85. The summed E-state index contributed by atoms with van der Waals surface area (Å²) in [6.07, 6.45) is 3.94. The SMILES string of the molecule is Cc1ccc(S(=O)(=O)NC2CC2)cc1C(=O)NCC1CCCN1. The van der Waals surface area contributed by atoms with Crippen molar-refractivity contribution < 1.29 is 13.2 Å². The summed E-state index contributed by atoms with van der Waals surface area (Å²) in [6, 6.07) is 5.06. The summed E-state index contributed by atoms with van der Waals surface area (Å²) in [5.74, 6) is -0.223. The summed E-state index contributed by atoms with van der Waals surface area (Å²) >= 11 is 0. The van der Waals surface area contributed by atoms with E-state index in [0.717, 1.165) is 37.8 Å². The molecule has 3 rings (SSSR count). The van der Waals surface area contributed by atoms with Crippen LogP contribution in [-0.2, 0) is 10.0 Å². The summed E-state index contributed by atoms with van der Waals surface area (Å²) in [6.45, 7) is 3.36. The number of hydrogen-bond acceptors (Lipinski definition) is 4. The van der Waals surface area contributed by atoms with Crippen LogP contribution in [-0.4, -0.2) is 39.5 Å². The van der Waals surface area contributed by atoms with Crippen molar-refractivity contribution in [2.45, 2.75) is 49.6 Å². The molecule has 1 saturated heterocycles. The van der Waals surface area contributed by atoms with Crippen LogP contribution in [0.2, 0.25) is 0 Å². The van der Waals surface area contributed by atoms with Gasteiger partial charge in [0.25, 0.3) is 5.91 Å². The van der Waals surface area contributed by atoms with Crippen molar-refractivity contribution in [3.05, 3.63) is 29.3 Å². The molecular weight excluding hydrogens is 314 g/mol. The minimum Gasteiger partial charge on any atom is -0.350 e. The van der Waals surface area contributed by atoms with Crippen LogP contribution in [0.4, 0.5) is 0 Å². The Kier molecular flexibility index (Phi) is 4.70. The molecular formula is C16H23N3O3S. The highest BCUT2D eigenvalue weighted by Crippen LogP contribution is 2.23. The van der Waals surface area contributed by atoms with Crippen molar-refractivity contribution in [3.8, 4) is 0 Å². The van der Waals surface area contributed by atoms with Gasteiger partial charge in [-0.15, -0.1) is 0 Å². The first kappa shape index (κ1) is 16.4. The normalized spacial score (nSPS) is 21.3. The van der Waals surface area contributed by atoms with Gasteiger partial charge in [0.05, 0.1) is 4.90 Å². The molecule has 1 aliphatic heterocycles.